The van der Waals surface area contributed by atoms with Crippen LogP contribution in [0.15, 0.2) is 35.1 Å². The molecule has 2 fully saturated rings. The number of hydrogen-bond donors (Lipinski definition) is 1. The van der Waals surface area contributed by atoms with Crippen molar-refractivity contribution in [3.8, 4) is 0 Å². The van der Waals surface area contributed by atoms with Crippen LogP contribution in [0.3, 0.4) is 0 Å². The number of hydrogen-bond acceptors (Lipinski definition) is 3. The van der Waals surface area contributed by atoms with E-state index in [4.69, 9.17) is 0 Å². The van der Waals surface area contributed by atoms with Crippen molar-refractivity contribution in [2.45, 2.75) is 51.2 Å². The normalized spacial score (nSPS) is 22.2. The smallest absolute Gasteiger partial charge is 0.257 e. The SMILES string of the molecule is CC(C)CN1C(=O)C2(CCCC2)NC1c1cc2ccccc2n(C)c1=O. The number of fused-ring (bicyclic) bond motifs is 1. The van der Waals surface area contributed by atoms with E-state index in [1.165, 1.54) is 0 Å². The van der Waals surface area contributed by atoms with E-state index in [1.54, 1.807) is 4.57 Å². The van der Waals surface area contributed by atoms with Crippen molar-refractivity contribution in [1.82, 2.24) is 14.8 Å². The number of aryl methyl sites for hydroxylation is 1. The standard InChI is InChI=1S/C21H27N3O2/c1-14(2)13-24-18(22-21(20(24)26)10-6-7-11-21)16-12-15-8-4-5-9-17(15)23(3)19(16)25/h4-5,8-9,12,14,18,22H,6-7,10-11,13H2,1-3H3. The van der Waals surface area contributed by atoms with Gasteiger partial charge in [0.1, 0.15) is 6.17 Å². The summed E-state index contributed by atoms with van der Waals surface area (Å²) in [4.78, 5) is 28.3. The van der Waals surface area contributed by atoms with Crippen LogP contribution in [0.25, 0.3) is 10.9 Å². The third kappa shape index (κ3) is 2.57. The van der Waals surface area contributed by atoms with E-state index in [2.05, 4.69) is 19.2 Å². The maximum absolute atomic E-state index is 13.3. The fraction of sp³-hybridized carbons (Fsp3) is 0.524. The lowest BCUT2D eigenvalue weighted by atomic mass is 9.98. The number of carbonyl (C=O) groups is 1. The van der Waals surface area contributed by atoms with Crippen molar-refractivity contribution in [2.24, 2.45) is 13.0 Å². The zero-order chi connectivity index (χ0) is 18.5. The van der Waals surface area contributed by atoms with Gasteiger partial charge in [0.2, 0.25) is 5.91 Å². The zero-order valence-electron chi connectivity index (χ0n) is 15.8. The maximum Gasteiger partial charge on any atom is 0.257 e. The predicted octanol–water partition coefficient (Wildman–Crippen LogP) is 2.94. The molecule has 1 aromatic heterocycles. The molecule has 0 bridgehead atoms. The molecule has 1 saturated heterocycles. The van der Waals surface area contributed by atoms with Crippen LogP contribution >= 0.6 is 0 Å². The third-order valence-corrected chi connectivity index (χ3v) is 5.87. The summed E-state index contributed by atoms with van der Waals surface area (Å²) in [5.74, 6) is 0.521. The summed E-state index contributed by atoms with van der Waals surface area (Å²) >= 11 is 0. The zero-order valence-corrected chi connectivity index (χ0v) is 15.8. The van der Waals surface area contributed by atoms with Gasteiger partial charge in [-0.1, -0.05) is 44.9 Å². The van der Waals surface area contributed by atoms with Gasteiger partial charge in [-0.25, -0.2) is 0 Å². The van der Waals surface area contributed by atoms with Crippen LogP contribution in [0, 0.1) is 5.92 Å². The molecule has 2 aliphatic rings. The van der Waals surface area contributed by atoms with Crippen molar-refractivity contribution in [2.75, 3.05) is 6.54 Å². The van der Waals surface area contributed by atoms with E-state index in [0.717, 1.165) is 36.6 Å². The van der Waals surface area contributed by atoms with Crippen molar-refractivity contribution < 1.29 is 4.79 Å². The minimum Gasteiger partial charge on any atom is -0.321 e. The first-order chi connectivity index (χ1) is 12.4. The highest BCUT2D eigenvalue weighted by Gasteiger charge is 2.53. The van der Waals surface area contributed by atoms with E-state index >= 15 is 0 Å². The van der Waals surface area contributed by atoms with Crippen molar-refractivity contribution in [3.05, 3.63) is 46.2 Å². The number of amides is 1. The summed E-state index contributed by atoms with van der Waals surface area (Å²) in [6.07, 6.45) is 3.52. The lowest BCUT2D eigenvalue weighted by Gasteiger charge is -2.26. The molecule has 4 rings (SSSR count). The van der Waals surface area contributed by atoms with Gasteiger partial charge in [0.25, 0.3) is 5.56 Å². The molecule has 1 aromatic carbocycles. The lowest BCUT2D eigenvalue weighted by molar-refractivity contribution is -0.133. The second-order valence-corrected chi connectivity index (χ2v) is 8.21. The Hall–Kier alpha value is -2.14. The molecule has 2 aromatic rings. The minimum atomic E-state index is -0.476. The molecule has 138 valence electrons. The van der Waals surface area contributed by atoms with Gasteiger partial charge in [0, 0.05) is 13.6 Å². The summed E-state index contributed by atoms with van der Waals surface area (Å²) in [6, 6.07) is 9.86. The van der Waals surface area contributed by atoms with Crippen LogP contribution in [0.5, 0.6) is 0 Å². The molecule has 1 aliphatic carbocycles. The Morgan fingerprint density at radius 1 is 1.19 bits per heavy atom. The second kappa shape index (κ2) is 6.23. The van der Waals surface area contributed by atoms with Crippen LogP contribution < -0.4 is 10.9 Å². The highest BCUT2D eigenvalue weighted by Crippen LogP contribution is 2.40. The number of pyridine rings is 1. The summed E-state index contributed by atoms with van der Waals surface area (Å²) in [5.41, 5.74) is 1.08. The first-order valence-corrected chi connectivity index (χ1v) is 9.60. The molecule has 0 radical (unpaired) electrons. The molecule has 1 N–H and O–H groups in total. The fourth-order valence-corrected chi connectivity index (χ4v) is 4.60. The van der Waals surface area contributed by atoms with E-state index < -0.39 is 5.54 Å². The van der Waals surface area contributed by atoms with Gasteiger partial charge in [-0.2, -0.15) is 0 Å². The van der Waals surface area contributed by atoms with Crippen LogP contribution in [0.2, 0.25) is 0 Å². The van der Waals surface area contributed by atoms with Gasteiger partial charge >= 0.3 is 0 Å². The molecule has 1 atom stereocenters. The summed E-state index contributed by atoms with van der Waals surface area (Å²) in [5, 5.41) is 4.61. The molecule has 5 heteroatoms. The van der Waals surface area contributed by atoms with Gasteiger partial charge in [-0.05, 0) is 36.3 Å². The van der Waals surface area contributed by atoms with Gasteiger partial charge < -0.3 is 9.47 Å². The molecule has 1 unspecified atom stereocenters. The molecular formula is C21H27N3O2. The monoisotopic (exact) mass is 353 g/mol. The van der Waals surface area contributed by atoms with Crippen LogP contribution in [-0.2, 0) is 11.8 Å². The number of nitrogens with one attached hydrogen (secondary N) is 1. The van der Waals surface area contributed by atoms with Crippen LogP contribution in [0.4, 0.5) is 0 Å². The fourth-order valence-electron chi connectivity index (χ4n) is 4.60. The predicted molar refractivity (Wildman–Crippen MR) is 103 cm³/mol. The Bertz CT molecular complexity index is 909. The maximum atomic E-state index is 13.3. The van der Waals surface area contributed by atoms with Crippen molar-refractivity contribution in [3.63, 3.8) is 0 Å². The Morgan fingerprint density at radius 2 is 1.88 bits per heavy atom. The van der Waals surface area contributed by atoms with Crippen molar-refractivity contribution in [1.29, 1.82) is 0 Å². The molecule has 1 amide bonds. The molecule has 26 heavy (non-hydrogen) atoms. The minimum absolute atomic E-state index is 0.0298. The summed E-state index contributed by atoms with van der Waals surface area (Å²) in [7, 11) is 1.81. The summed E-state index contributed by atoms with van der Waals surface area (Å²) < 4.78 is 1.70. The lowest BCUT2D eigenvalue weighted by Crippen LogP contribution is -2.44. The quantitative estimate of drug-likeness (QED) is 0.923. The first kappa shape index (κ1) is 17.3. The van der Waals surface area contributed by atoms with Crippen LogP contribution in [-0.4, -0.2) is 27.5 Å². The number of rotatable bonds is 3. The largest absolute Gasteiger partial charge is 0.321 e. The molecule has 1 saturated carbocycles. The number of para-hydroxylation sites is 1. The van der Waals surface area contributed by atoms with Gasteiger partial charge in [-0.15, -0.1) is 0 Å². The topological polar surface area (TPSA) is 54.3 Å². The Morgan fingerprint density at radius 3 is 2.58 bits per heavy atom. The second-order valence-electron chi connectivity index (χ2n) is 8.21. The molecule has 1 spiro atoms. The molecule has 5 nitrogen and oxygen atoms in total. The number of carbonyl (C=O) groups excluding carboxylic acids is 1. The summed E-state index contributed by atoms with van der Waals surface area (Å²) in [6.45, 7) is 4.89. The molecule has 1 aliphatic heterocycles. The average Bonchev–Trinajstić information content (AvgIpc) is 3.19. The number of nitrogens with zero attached hydrogens (tertiary/aromatic N) is 2. The Balaban J connectivity index is 1.84. The van der Waals surface area contributed by atoms with Crippen LogP contribution in [0.1, 0.15) is 51.3 Å². The highest BCUT2D eigenvalue weighted by atomic mass is 16.2. The first-order valence-electron chi connectivity index (χ1n) is 9.60. The third-order valence-electron chi connectivity index (χ3n) is 5.87. The van der Waals surface area contributed by atoms with E-state index in [0.29, 0.717) is 18.0 Å². The van der Waals surface area contributed by atoms with E-state index in [9.17, 15) is 9.59 Å². The van der Waals surface area contributed by atoms with E-state index in [-0.39, 0.29) is 17.6 Å². The number of benzene rings is 1. The highest BCUT2D eigenvalue weighted by molar-refractivity contribution is 5.89. The van der Waals surface area contributed by atoms with Crippen molar-refractivity contribution >= 4 is 16.8 Å². The average molecular weight is 353 g/mol. The molecular weight excluding hydrogens is 326 g/mol. The van der Waals surface area contributed by atoms with Gasteiger partial charge in [0.15, 0.2) is 0 Å². The van der Waals surface area contributed by atoms with Gasteiger partial charge in [0.05, 0.1) is 16.6 Å². The Kier molecular flexibility index (Phi) is 4.14. The molecule has 2 heterocycles. The van der Waals surface area contributed by atoms with E-state index in [1.807, 2.05) is 42.3 Å². The Labute approximate surface area is 154 Å². The van der Waals surface area contributed by atoms with Gasteiger partial charge in [-0.3, -0.25) is 14.9 Å². The number of aromatic nitrogens is 1.